The summed E-state index contributed by atoms with van der Waals surface area (Å²) >= 11 is 0. The molecule has 0 saturated carbocycles. The molecule has 4 rings (SSSR count). The second kappa shape index (κ2) is 7.61. The van der Waals surface area contributed by atoms with E-state index in [4.69, 9.17) is 0 Å². The van der Waals surface area contributed by atoms with Gasteiger partial charge in [0.15, 0.2) is 5.65 Å². The monoisotopic (exact) mass is 365 g/mol. The van der Waals surface area contributed by atoms with E-state index in [2.05, 4.69) is 54.4 Å². The van der Waals surface area contributed by atoms with Crippen molar-refractivity contribution in [2.24, 2.45) is 0 Å². The number of rotatable bonds is 5. The van der Waals surface area contributed by atoms with Crippen LogP contribution in [0.2, 0.25) is 0 Å². The smallest absolute Gasteiger partial charge is 0.216 e. The number of hydrogen-bond acceptors (Lipinski definition) is 6. The van der Waals surface area contributed by atoms with Crippen LogP contribution in [-0.4, -0.2) is 58.4 Å². The molecule has 140 valence electrons. The largest absolute Gasteiger partial charge is 0.368 e. The molecule has 27 heavy (non-hydrogen) atoms. The SMILES string of the molecule is CC(=O)NCCn1ncc2c(N3CCN(c4ccccc4)CC3)ncnc21. The summed E-state index contributed by atoms with van der Waals surface area (Å²) < 4.78 is 1.82. The van der Waals surface area contributed by atoms with E-state index in [1.165, 1.54) is 12.6 Å². The van der Waals surface area contributed by atoms with E-state index in [0.29, 0.717) is 13.1 Å². The lowest BCUT2D eigenvalue weighted by Crippen LogP contribution is -2.46. The maximum absolute atomic E-state index is 11.0. The maximum Gasteiger partial charge on any atom is 0.216 e. The fraction of sp³-hybridized carbons (Fsp3) is 0.368. The summed E-state index contributed by atoms with van der Waals surface area (Å²) in [6.45, 7) is 6.33. The molecule has 1 amide bonds. The first kappa shape index (κ1) is 17.3. The Balaban J connectivity index is 1.48. The van der Waals surface area contributed by atoms with Crippen LogP contribution < -0.4 is 15.1 Å². The third-order valence-corrected chi connectivity index (χ3v) is 4.81. The Labute approximate surface area is 157 Å². The van der Waals surface area contributed by atoms with Crippen molar-refractivity contribution >= 4 is 28.4 Å². The van der Waals surface area contributed by atoms with Gasteiger partial charge >= 0.3 is 0 Å². The van der Waals surface area contributed by atoms with Gasteiger partial charge in [0.2, 0.25) is 5.91 Å². The van der Waals surface area contributed by atoms with Gasteiger partial charge in [-0.2, -0.15) is 5.10 Å². The fourth-order valence-corrected chi connectivity index (χ4v) is 3.45. The number of para-hydroxylation sites is 1. The summed E-state index contributed by atoms with van der Waals surface area (Å²) in [5.41, 5.74) is 2.06. The molecule has 3 aromatic rings. The van der Waals surface area contributed by atoms with Crippen LogP contribution in [0.15, 0.2) is 42.9 Å². The highest BCUT2D eigenvalue weighted by molar-refractivity contribution is 5.86. The van der Waals surface area contributed by atoms with Gasteiger partial charge < -0.3 is 15.1 Å². The number of carbonyl (C=O) groups excluding carboxylic acids is 1. The first-order valence-corrected chi connectivity index (χ1v) is 9.18. The van der Waals surface area contributed by atoms with Crippen molar-refractivity contribution in [3.63, 3.8) is 0 Å². The predicted octanol–water partition coefficient (Wildman–Crippen LogP) is 1.29. The van der Waals surface area contributed by atoms with Crippen molar-refractivity contribution < 1.29 is 4.79 Å². The number of nitrogens with one attached hydrogen (secondary N) is 1. The van der Waals surface area contributed by atoms with E-state index in [9.17, 15) is 4.79 Å². The topological polar surface area (TPSA) is 79.2 Å². The Kier molecular flexibility index (Phi) is 4.86. The van der Waals surface area contributed by atoms with Crippen molar-refractivity contribution in [3.05, 3.63) is 42.9 Å². The molecule has 1 saturated heterocycles. The number of amides is 1. The lowest BCUT2D eigenvalue weighted by Gasteiger charge is -2.36. The minimum Gasteiger partial charge on any atom is -0.368 e. The first-order valence-electron chi connectivity index (χ1n) is 9.18. The Bertz CT molecular complexity index is 916. The van der Waals surface area contributed by atoms with Crippen LogP contribution in [-0.2, 0) is 11.3 Å². The highest BCUT2D eigenvalue weighted by Gasteiger charge is 2.21. The summed E-state index contributed by atoms with van der Waals surface area (Å²) in [6, 6.07) is 10.5. The highest BCUT2D eigenvalue weighted by atomic mass is 16.1. The first-order chi connectivity index (χ1) is 13.2. The van der Waals surface area contributed by atoms with Gasteiger partial charge in [0.25, 0.3) is 0 Å². The van der Waals surface area contributed by atoms with E-state index in [1.807, 2.05) is 16.9 Å². The molecular formula is C19H23N7O. The van der Waals surface area contributed by atoms with Gasteiger partial charge in [-0.1, -0.05) is 18.2 Å². The van der Waals surface area contributed by atoms with E-state index in [-0.39, 0.29) is 5.91 Å². The van der Waals surface area contributed by atoms with Crippen LogP contribution in [0.5, 0.6) is 0 Å². The van der Waals surface area contributed by atoms with Gasteiger partial charge in [0, 0.05) is 45.3 Å². The van der Waals surface area contributed by atoms with Gasteiger partial charge in [-0.3, -0.25) is 4.79 Å². The number of carbonyl (C=O) groups is 1. The molecule has 1 aromatic carbocycles. The zero-order chi connectivity index (χ0) is 18.6. The lowest BCUT2D eigenvalue weighted by atomic mass is 10.2. The van der Waals surface area contributed by atoms with E-state index >= 15 is 0 Å². The highest BCUT2D eigenvalue weighted by Crippen LogP contribution is 2.25. The number of aromatic nitrogens is 4. The fourth-order valence-electron chi connectivity index (χ4n) is 3.45. The summed E-state index contributed by atoms with van der Waals surface area (Å²) in [5, 5.41) is 8.18. The Morgan fingerprint density at radius 3 is 2.56 bits per heavy atom. The molecule has 8 nitrogen and oxygen atoms in total. The zero-order valence-corrected chi connectivity index (χ0v) is 15.4. The van der Waals surface area contributed by atoms with Crippen molar-refractivity contribution in [3.8, 4) is 0 Å². The summed E-state index contributed by atoms with van der Waals surface area (Å²) in [5.74, 6) is 0.886. The van der Waals surface area contributed by atoms with Crippen LogP contribution in [0, 0.1) is 0 Å². The van der Waals surface area contributed by atoms with Crippen LogP contribution in [0.1, 0.15) is 6.92 Å². The van der Waals surface area contributed by atoms with Gasteiger partial charge in [0.05, 0.1) is 18.1 Å². The molecule has 3 heterocycles. The second-order valence-electron chi connectivity index (χ2n) is 6.59. The molecular weight excluding hydrogens is 342 g/mol. The normalized spacial score (nSPS) is 14.6. The van der Waals surface area contributed by atoms with Crippen LogP contribution in [0.3, 0.4) is 0 Å². The van der Waals surface area contributed by atoms with Crippen LogP contribution in [0.25, 0.3) is 11.0 Å². The molecule has 1 aliphatic heterocycles. The molecule has 1 N–H and O–H groups in total. The molecule has 0 atom stereocenters. The van der Waals surface area contributed by atoms with Crippen molar-refractivity contribution in [2.75, 3.05) is 42.5 Å². The number of anilines is 2. The molecule has 8 heteroatoms. The summed E-state index contributed by atoms with van der Waals surface area (Å²) in [7, 11) is 0. The van der Waals surface area contributed by atoms with E-state index < -0.39 is 0 Å². The lowest BCUT2D eigenvalue weighted by molar-refractivity contribution is -0.118. The average Bonchev–Trinajstić information content (AvgIpc) is 3.12. The molecule has 1 aliphatic rings. The summed E-state index contributed by atoms with van der Waals surface area (Å²) in [6.07, 6.45) is 3.42. The van der Waals surface area contributed by atoms with Gasteiger partial charge in [0.1, 0.15) is 12.1 Å². The molecule has 0 bridgehead atoms. The minimum atomic E-state index is -0.0435. The number of hydrogen-bond donors (Lipinski definition) is 1. The second-order valence-corrected chi connectivity index (χ2v) is 6.59. The Morgan fingerprint density at radius 2 is 1.81 bits per heavy atom. The number of nitrogens with zero attached hydrogens (tertiary/aromatic N) is 6. The Hall–Kier alpha value is -3.16. The Morgan fingerprint density at radius 1 is 1.07 bits per heavy atom. The molecule has 0 unspecified atom stereocenters. The van der Waals surface area contributed by atoms with Gasteiger partial charge in [-0.05, 0) is 12.1 Å². The van der Waals surface area contributed by atoms with Gasteiger partial charge in [-0.25, -0.2) is 14.6 Å². The maximum atomic E-state index is 11.0. The van der Waals surface area contributed by atoms with Gasteiger partial charge in [-0.15, -0.1) is 0 Å². The zero-order valence-electron chi connectivity index (χ0n) is 15.4. The van der Waals surface area contributed by atoms with E-state index in [1.54, 1.807) is 6.33 Å². The predicted molar refractivity (Wildman–Crippen MR) is 105 cm³/mol. The quantitative estimate of drug-likeness (QED) is 0.734. The van der Waals surface area contributed by atoms with Crippen molar-refractivity contribution in [2.45, 2.75) is 13.5 Å². The molecule has 1 fully saturated rings. The van der Waals surface area contributed by atoms with E-state index in [0.717, 1.165) is 43.0 Å². The molecule has 2 aromatic heterocycles. The number of benzene rings is 1. The summed E-state index contributed by atoms with van der Waals surface area (Å²) in [4.78, 5) is 24.7. The van der Waals surface area contributed by atoms with Crippen LogP contribution in [0.4, 0.5) is 11.5 Å². The average molecular weight is 365 g/mol. The molecule has 0 spiro atoms. The molecule has 0 aliphatic carbocycles. The number of fused-ring (bicyclic) bond motifs is 1. The molecule has 0 radical (unpaired) electrons. The third kappa shape index (κ3) is 3.69. The third-order valence-electron chi connectivity index (χ3n) is 4.81. The minimum absolute atomic E-state index is 0.0435. The van der Waals surface area contributed by atoms with Crippen LogP contribution >= 0.6 is 0 Å². The number of piperazine rings is 1. The standard InChI is InChI=1S/C19H23N7O/c1-15(27)20-7-8-26-19-17(13-23-26)18(21-14-22-19)25-11-9-24(10-12-25)16-5-3-2-4-6-16/h2-6,13-14H,7-12H2,1H3,(H,20,27). The van der Waals surface area contributed by atoms with Crippen molar-refractivity contribution in [1.29, 1.82) is 0 Å². The van der Waals surface area contributed by atoms with Crippen molar-refractivity contribution in [1.82, 2.24) is 25.1 Å².